The van der Waals surface area contributed by atoms with Crippen LogP contribution in [-0.4, -0.2) is 47.3 Å². The van der Waals surface area contributed by atoms with Gasteiger partial charge in [0.15, 0.2) is 0 Å². The molecule has 0 aromatic heterocycles. The van der Waals surface area contributed by atoms with Gasteiger partial charge in [-0.25, -0.2) is 4.79 Å². The monoisotopic (exact) mass is 330 g/mol. The number of carboxylic acids is 1. The maximum atomic E-state index is 12.6. The van der Waals surface area contributed by atoms with Crippen molar-refractivity contribution in [2.45, 2.75) is 18.3 Å². The number of carbonyl (C=O) groups excluding carboxylic acids is 3. The number of likely N-dealkylation sites (N-methyl/N-ethyl adjacent to an activating group) is 1. The largest absolute Gasteiger partial charge is 0.478 e. The minimum atomic E-state index is -1.22. The maximum absolute atomic E-state index is 12.6. The van der Waals surface area contributed by atoms with Crippen LogP contribution < -0.4 is 5.32 Å². The van der Waals surface area contributed by atoms with Crippen molar-refractivity contribution in [3.8, 4) is 0 Å². The van der Waals surface area contributed by atoms with Crippen molar-refractivity contribution in [1.29, 1.82) is 0 Å². The first-order valence-corrected chi connectivity index (χ1v) is 7.42. The summed E-state index contributed by atoms with van der Waals surface area (Å²) in [4.78, 5) is 47.7. The molecular weight excluding hydrogens is 312 g/mol. The highest BCUT2D eigenvalue weighted by molar-refractivity contribution is 6.08. The maximum Gasteiger partial charge on any atom is 0.328 e. The molecule has 1 aromatic rings. The Balaban J connectivity index is 2.15. The van der Waals surface area contributed by atoms with Gasteiger partial charge >= 0.3 is 5.97 Å². The summed E-state index contributed by atoms with van der Waals surface area (Å²) in [5, 5.41) is 11.0. The smallest absolute Gasteiger partial charge is 0.328 e. The Labute approximate surface area is 139 Å². The topological polar surface area (TPSA) is 104 Å². The van der Waals surface area contributed by atoms with E-state index in [0.717, 1.165) is 22.6 Å². The lowest BCUT2D eigenvalue weighted by Gasteiger charge is -2.26. The predicted octanol–water partition coefficient (Wildman–Crippen LogP) is 0.460. The van der Waals surface area contributed by atoms with Gasteiger partial charge in [-0.15, -0.1) is 0 Å². The van der Waals surface area contributed by atoms with Gasteiger partial charge in [0, 0.05) is 32.2 Å². The van der Waals surface area contributed by atoms with Crippen LogP contribution in [-0.2, 0) is 24.6 Å². The molecule has 0 aliphatic carbocycles. The van der Waals surface area contributed by atoms with Crippen molar-refractivity contribution in [2.24, 2.45) is 0 Å². The second-order valence-electron chi connectivity index (χ2n) is 5.60. The highest BCUT2D eigenvalue weighted by Crippen LogP contribution is 2.38. The zero-order valence-corrected chi connectivity index (χ0v) is 13.2. The minimum Gasteiger partial charge on any atom is -0.478 e. The second-order valence-corrected chi connectivity index (χ2v) is 5.60. The number of hydrogen-bond acceptors (Lipinski definition) is 4. The minimum absolute atomic E-state index is 0.0488. The quantitative estimate of drug-likeness (QED) is 0.582. The van der Waals surface area contributed by atoms with E-state index in [4.69, 9.17) is 5.11 Å². The van der Waals surface area contributed by atoms with Crippen molar-refractivity contribution in [3.05, 3.63) is 48.0 Å². The van der Waals surface area contributed by atoms with Crippen LogP contribution in [0, 0.1) is 0 Å². The molecule has 2 N–H and O–H groups in total. The van der Waals surface area contributed by atoms with Crippen LogP contribution in [0.1, 0.15) is 18.4 Å². The molecule has 1 aromatic carbocycles. The lowest BCUT2D eigenvalue weighted by Crippen LogP contribution is -2.39. The van der Waals surface area contributed by atoms with Gasteiger partial charge in [-0.05, 0) is 12.0 Å². The highest BCUT2D eigenvalue weighted by atomic mass is 16.4. The van der Waals surface area contributed by atoms with E-state index < -0.39 is 17.3 Å². The number of nitrogens with one attached hydrogen (secondary N) is 1. The van der Waals surface area contributed by atoms with E-state index in [1.165, 1.54) is 7.05 Å². The predicted molar refractivity (Wildman–Crippen MR) is 84.9 cm³/mol. The molecule has 1 heterocycles. The third kappa shape index (κ3) is 3.51. The molecule has 1 atom stereocenters. The summed E-state index contributed by atoms with van der Waals surface area (Å²) in [6.07, 6.45) is 1.94. The molecular formula is C17H18N2O5. The zero-order chi connectivity index (χ0) is 17.7. The van der Waals surface area contributed by atoms with Crippen LogP contribution in [0.25, 0.3) is 0 Å². The number of nitrogens with zero attached hydrogens (tertiary/aromatic N) is 1. The molecule has 24 heavy (non-hydrogen) atoms. The number of aliphatic carboxylic acids is 1. The fourth-order valence-electron chi connectivity index (χ4n) is 2.81. The molecule has 3 amide bonds. The van der Waals surface area contributed by atoms with E-state index in [0.29, 0.717) is 0 Å². The van der Waals surface area contributed by atoms with Gasteiger partial charge in [0.25, 0.3) is 0 Å². The number of hydrogen-bond donors (Lipinski definition) is 2. The van der Waals surface area contributed by atoms with Gasteiger partial charge in [0.1, 0.15) is 0 Å². The van der Waals surface area contributed by atoms with Gasteiger partial charge in [-0.1, -0.05) is 30.3 Å². The van der Waals surface area contributed by atoms with Crippen molar-refractivity contribution < 1.29 is 24.3 Å². The summed E-state index contributed by atoms with van der Waals surface area (Å²) in [5.41, 5.74) is -0.278. The van der Waals surface area contributed by atoms with Crippen LogP contribution in [0.5, 0.6) is 0 Å². The first kappa shape index (κ1) is 17.4. The number of likely N-dealkylation sites (tertiary alicyclic amines) is 1. The molecule has 1 aliphatic heterocycles. The van der Waals surface area contributed by atoms with Crippen molar-refractivity contribution in [1.82, 2.24) is 10.2 Å². The standard InChI is InChI=1S/C17H18N2O5/c1-19-14(21)11-17(16(19)24,12-5-3-2-4-6-12)9-10-18-13(20)7-8-15(22)23/h2-8H,9-11H2,1H3,(H,18,20)(H,22,23)/b8-7-. The summed E-state index contributed by atoms with van der Waals surface area (Å²) >= 11 is 0. The average Bonchev–Trinajstić information content (AvgIpc) is 2.79. The average molecular weight is 330 g/mol. The Kier molecular flexibility index (Phi) is 5.13. The SMILES string of the molecule is CN1C(=O)CC(CCNC(=O)/C=C\C(=O)O)(c2ccccc2)C1=O. The Morgan fingerprint density at radius 3 is 2.46 bits per heavy atom. The van der Waals surface area contributed by atoms with Crippen molar-refractivity contribution in [3.63, 3.8) is 0 Å². The van der Waals surface area contributed by atoms with Crippen molar-refractivity contribution >= 4 is 23.7 Å². The molecule has 7 heteroatoms. The molecule has 0 radical (unpaired) electrons. The highest BCUT2D eigenvalue weighted by Gasteiger charge is 2.50. The van der Waals surface area contributed by atoms with Gasteiger partial charge < -0.3 is 10.4 Å². The van der Waals surface area contributed by atoms with Gasteiger partial charge in [-0.2, -0.15) is 0 Å². The van der Waals surface area contributed by atoms with Crippen LogP contribution >= 0.6 is 0 Å². The van der Waals surface area contributed by atoms with Crippen molar-refractivity contribution in [2.75, 3.05) is 13.6 Å². The molecule has 126 valence electrons. The fraction of sp³-hybridized carbons (Fsp3) is 0.294. The molecule has 1 aliphatic rings. The van der Waals surface area contributed by atoms with Gasteiger partial charge in [0.05, 0.1) is 5.41 Å². The van der Waals surface area contributed by atoms with Crippen LogP contribution in [0.4, 0.5) is 0 Å². The normalized spacial score (nSPS) is 20.6. The third-order valence-electron chi connectivity index (χ3n) is 4.10. The molecule has 0 bridgehead atoms. The molecule has 1 fully saturated rings. The van der Waals surface area contributed by atoms with E-state index in [1.54, 1.807) is 24.3 Å². The van der Waals surface area contributed by atoms with E-state index in [9.17, 15) is 19.2 Å². The van der Waals surface area contributed by atoms with E-state index >= 15 is 0 Å². The molecule has 0 spiro atoms. The number of carboxylic acid groups (broad SMARTS) is 1. The van der Waals surface area contributed by atoms with Gasteiger partial charge in [0.2, 0.25) is 17.7 Å². The second kappa shape index (κ2) is 7.08. The Morgan fingerprint density at radius 2 is 1.92 bits per heavy atom. The Hall–Kier alpha value is -2.96. The summed E-state index contributed by atoms with van der Waals surface area (Å²) in [7, 11) is 1.45. The molecule has 1 saturated heterocycles. The van der Waals surface area contributed by atoms with E-state index in [2.05, 4.69) is 5.32 Å². The van der Waals surface area contributed by atoms with Gasteiger partial charge in [-0.3, -0.25) is 19.3 Å². The summed E-state index contributed by atoms with van der Waals surface area (Å²) < 4.78 is 0. The first-order valence-electron chi connectivity index (χ1n) is 7.42. The van der Waals surface area contributed by atoms with Crippen LogP contribution in [0.2, 0.25) is 0 Å². The molecule has 7 nitrogen and oxygen atoms in total. The lowest BCUT2D eigenvalue weighted by atomic mass is 9.76. The summed E-state index contributed by atoms with van der Waals surface area (Å²) in [5.74, 6) is -2.34. The lowest BCUT2D eigenvalue weighted by molar-refractivity contribution is -0.138. The zero-order valence-electron chi connectivity index (χ0n) is 13.2. The van der Waals surface area contributed by atoms with Crippen LogP contribution in [0.3, 0.4) is 0 Å². The molecule has 2 rings (SSSR count). The number of rotatable bonds is 6. The number of imide groups is 1. The van der Waals surface area contributed by atoms with E-state index in [-0.39, 0.29) is 31.2 Å². The fourth-order valence-corrected chi connectivity index (χ4v) is 2.81. The summed E-state index contributed by atoms with van der Waals surface area (Å²) in [6.45, 7) is 0.143. The van der Waals surface area contributed by atoms with Crippen LogP contribution in [0.15, 0.2) is 42.5 Å². The Bertz CT molecular complexity index is 698. The summed E-state index contributed by atoms with van der Waals surface area (Å²) in [6, 6.07) is 8.98. The van der Waals surface area contributed by atoms with E-state index in [1.807, 2.05) is 6.07 Å². The number of benzene rings is 1. The number of carbonyl (C=O) groups is 4. The third-order valence-corrected chi connectivity index (χ3v) is 4.10. The number of amides is 3. The molecule has 1 unspecified atom stereocenters. The Morgan fingerprint density at radius 1 is 1.25 bits per heavy atom. The molecule has 0 saturated carbocycles. The first-order chi connectivity index (χ1) is 11.4.